The maximum Gasteiger partial charge on any atom is 0.471 e. The van der Waals surface area contributed by atoms with Gasteiger partial charge in [-0.05, 0) is 32.8 Å². The van der Waals surface area contributed by atoms with Crippen molar-refractivity contribution in [2.45, 2.75) is 44.8 Å². The third-order valence-corrected chi connectivity index (χ3v) is 6.27. The number of piperidine rings is 1. The quantitative estimate of drug-likeness (QED) is 0.421. The van der Waals surface area contributed by atoms with Crippen molar-refractivity contribution in [1.82, 2.24) is 39.6 Å². The number of alkyl halides is 3. The number of carbonyl (C=O) groups is 1. The molecule has 0 spiro atoms. The van der Waals surface area contributed by atoms with Crippen molar-refractivity contribution in [3.05, 3.63) is 48.2 Å². The first-order valence-corrected chi connectivity index (χ1v) is 11.9. The van der Waals surface area contributed by atoms with E-state index in [0.717, 1.165) is 4.90 Å². The average Bonchev–Trinajstić information content (AvgIpc) is 3.55. The van der Waals surface area contributed by atoms with Gasteiger partial charge in [-0.2, -0.15) is 28.2 Å². The second-order valence-electron chi connectivity index (χ2n) is 9.32. The van der Waals surface area contributed by atoms with Crippen molar-refractivity contribution in [2.75, 3.05) is 18.4 Å². The van der Waals surface area contributed by atoms with E-state index >= 15 is 0 Å². The molecule has 14 heteroatoms. The monoisotopic (exact) mass is 524 g/mol. The van der Waals surface area contributed by atoms with E-state index in [1.54, 1.807) is 34.0 Å². The lowest BCUT2D eigenvalue weighted by Crippen LogP contribution is -2.45. The largest absolute Gasteiger partial charge is 0.471 e. The number of anilines is 1. The molecule has 11 nitrogen and oxygen atoms in total. The number of carbonyl (C=O) groups excluding carboxylic acids is 1. The number of hydrogen-bond acceptors (Lipinski definition) is 8. The summed E-state index contributed by atoms with van der Waals surface area (Å²) in [5.74, 6) is -1.42. The summed E-state index contributed by atoms with van der Waals surface area (Å²) in [6.07, 6.45) is 2.31. The van der Waals surface area contributed by atoms with Gasteiger partial charge in [0.1, 0.15) is 11.8 Å². The number of aromatic nitrogens is 7. The minimum absolute atomic E-state index is 0.00794. The van der Waals surface area contributed by atoms with Crippen LogP contribution in [0.5, 0.6) is 0 Å². The zero-order valence-electron chi connectivity index (χ0n) is 20.5. The first-order chi connectivity index (χ1) is 18.1. The van der Waals surface area contributed by atoms with E-state index in [4.69, 9.17) is 5.26 Å². The molecule has 1 aliphatic rings. The van der Waals surface area contributed by atoms with Crippen LogP contribution in [0.2, 0.25) is 0 Å². The summed E-state index contributed by atoms with van der Waals surface area (Å²) in [5, 5.41) is 26.1. The van der Waals surface area contributed by atoms with Crippen LogP contribution in [-0.4, -0.2) is 70.9 Å². The van der Waals surface area contributed by atoms with Gasteiger partial charge in [0.2, 0.25) is 0 Å². The van der Waals surface area contributed by atoms with Crippen LogP contribution in [-0.2, 0) is 4.79 Å². The van der Waals surface area contributed by atoms with Crippen LogP contribution in [0.1, 0.15) is 43.9 Å². The number of halogens is 3. The highest BCUT2D eigenvalue weighted by Gasteiger charge is 2.43. The topological polar surface area (TPSA) is 130 Å². The number of likely N-dealkylation sites (tertiary alicyclic amines) is 1. The van der Waals surface area contributed by atoms with Crippen LogP contribution in [0.3, 0.4) is 0 Å². The number of pyridine rings is 2. The molecule has 0 radical (unpaired) electrons. The van der Waals surface area contributed by atoms with Crippen LogP contribution >= 0.6 is 0 Å². The molecule has 0 unspecified atom stereocenters. The molecule has 1 saturated heterocycles. The summed E-state index contributed by atoms with van der Waals surface area (Å²) >= 11 is 0. The summed E-state index contributed by atoms with van der Waals surface area (Å²) in [4.78, 5) is 21.3. The summed E-state index contributed by atoms with van der Waals surface area (Å²) < 4.78 is 41.4. The Kier molecular flexibility index (Phi) is 6.43. The average molecular weight is 525 g/mol. The van der Waals surface area contributed by atoms with E-state index in [0.29, 0.717) is 52.3 Å². The van der Waals surface area contributed by atoms with Crippen molar-refractivity contribution in [3.8, 4) is 17.6 Å². The van der Waals surface area contributed by atoms with Gasteiger partial charge in [-0.15, -0.1) is 5.10 Å². The molecule has 0 aromatic carbocycles. The Morgan fingerprint density at radius 1 is 1.16 bits per heavy atom. The molecule has 38 heavy (non-hydrogen) atoms. The normalized spacial score (nSPS) is 14.7. The SMILES string of the molecule is CC(C)Nc1cc(-n2ncc3cc(C#N)cnc32)ncc1-n1cc(C2CCN(C(=O)C(F)(F)F)CC2)nn1. The molecule has 0 atom stereocenters. The number of amides is 1. The number of fused-ring (bicyclic) bond motifs is 1. The van der Waals surface area contributed by atoms with Gasteiger partial charge in [0, 0.05) is 42.7 Å². The number of nitrogens with one attached hydrogen (secondary N) is 1. The van der Waals surface area contributed by atoms with Crippen LogP contribution in [0.25, 0.3) is 22.5 Å². The highest BCUT2D eigenvalue weighted by atomic mass is 19.4. The Hall–Kier alpha value is -4.54. The highest BCUT2D eigenvalue weighted by molar-refractivity contribution is 5.82. The van der Waals surface area contributed by atoms with E-state index in [2.05, 4.69) is 36.8 Å². The van der Waals surface area contributed by atoms with Crippen molar-refractivity contribution < 1.29 is 18.0 Å². The van der Waals surface area contributed by atoms with Gasteiger partial charge >= 0.3 is 12.1 Å². The molecule has 5 rings (SSSR count). The van der Waals surface area contributed by atoms with Crippen LogP contribution in [0.4, 0.5) is 18.9 Å². The van der Waals surface area contributed by atoms with Crippen LogP contribution in [0, 0.1) is 11.3 Å². The van der Waals surface area contributed by atoms with Crippen molar-refractivity contribution in [2.24, 2.45) is 0 Å². The molecule has 1 N–H and O–H groups in total. The van der Waals surface area contributed by atoms with E-state index in [9.17, 15) is 18.0 Å². The van der Waals surface area contributed by atoms with Gasteiger partial charge in [-0.25, -0.2) is 14.6 Å². The first-order valence-electron chi connectivity index (χ1n) is 11.9. The molecule has 1 amide bonds. The lowest BCUT2D eigenvalue weighted by molar-refractivity contribution is -0.186. The van der Waals surface area contributed by atoms with E-state index in [1.165, 1.54) is 6.20 Å². The van der Waals surface area contributed by atoms with E-state index in [1.807, 2.05) is 19.9 Å². The van der Waals surface area contributed by atoms with Crippen LogP contribution < -0.4 is 5.32 Å². The molecule has 0 saturated carbocycles. The fourth-order valence-electron chi connectivity index (χ4n) is 4.45. The Balaban J connectivity index is 1.40. The molecule has 1 aliphatic heterocycles. The lowest BCUT2D eigenvalue weighted by Gasteiger charge is -2.31. The zero-order chi connectivity index (χ0) is 27.0. The molecule has 4 aromatic rings. The standard InChI is InChI=1S/C24H23F3N10O/c1-14(2)32-18-8-21(37-22-17(11-31-37)7-15(9-28)10-30-22)29-12-20(18)36-13-19(33-34-36)16-3-5-35(6-4-16)23(38)24(25,26)27/h7-8,10-14,16H,3-6H2,1-2H3,(H,29,32). The van der Waals surface area contributed by atoms with E-state index < -0.39 is 12.1 Å². The van der Waals surface area contributed by atoms with Gasteiger partial charge in [-0.1, -0.05) is 5.21 Å². The molecular weight excluding hydrogens is 501 g/mol. The fraction of sp³-hybridized carbons (Fsp3) is 0.375. The third kappa shape index (κ3) is 4.86. The summed E-state index contributed by atoms with van der Waals surface area (Å²) in [7, 11) is 0. The first kappa shape index (κ1) is 25.1. The Morgan fingerprint density at radius 3 is 2.61 bits per heavy atom. The van der Waals surface area contributed by atoms with Gasteiger partial charge in [-0.3, -0.25) is 4.79 Å². The zero-order valence-corrected chi connectivity index (χ0v) is 20.5. The lowest BCUT2D eigenvalue weighted by atomic mass is 9.94. The van der Waals surface area contributed by atoms with Gasteiger partial charge in [0.25, 0.3) is 0 Å². The Labute approximate surface area is 214 Å². The predicted molar refractivity (Wildman–Crippen MR) is 130 cm³/mol. The summed E-state index contributed by atoms with van der Waals surface area (Å²) in [6.45, 7) is 3.99. The number of nitriles is 1. The maximum absolute atomic E-state index is 12.7. The van der Waals surface area contributed by atoms with Crippen molar-refractivity contribution in [1.29, 1.82) is 5.26 Å². The van der Waals surface area contributed by atoms with Crippen molar-refractivity contribution in [3.63, 3.8) is 0 Å². The van der Waals surface area contributed by atoms with Gasteiger partial charge in [0.15, 0.2) is 11.5 Å². The molecular formula is C24H23F3N10O. The van der Waals surface area contributed by atoms with E-state index in [-0.39, 0.29) is 25.0 Å². The molecule has 196 valence electrons. The minimum Gasteiger partial charge on any atom is -0.381 e. The highest BCUT2D eigenvalue weighted by Crippen LogP contribution is 2.30. The maximum atomic E-state index is 12.7. The molecule has 0 aliphatic carbocycles. The summed E-state index contributed by atoms with van der Waals surface area (Å²) in [6, 6.07) is 5.65. The molecule has 1 fully saturated rings. The molecule has 4 aromatic heterocycles. The van der Waals surface area contributed by atoms with Gasteiger partial charge < -0.3 is 10.2 Å². The number of rotatable bonds is 5. The second-order valence-corrected chi connectivity index (χ2v) is 9.32. The Morgan fingerprint density at radius 2 is 1.92 bits per heavy atom. The molecule has 0 bridgehead atoms. The predicted octanol–water partition coefficient (Wildman–Crippen LogP) is 3.36. The smallest absolute Gasteiger partial charge is 0.381 e. The Bertz CT molecular complexity index is 1530. The second kappa shape index (κ2) is 9.73. The number of nitrogens with zero attached hydrogens (tertiary/aromatic N) is 9. The molecule has 5 heterocycles. The summed E-state index contributed by atoms with van der Waals surface area (Å²) in [5.41, 5.74) is 2.96. The third-order valence-electron chi connectivity index (χ3n) is 6.27. The minimum atomic E-state index is -4.87. The fourth-order valence-corrected chi connectivity index (χ4v) is 4.45. The van der Waals surface area contributed by atoms with Crippen molar-refractivity contribution >= 4 is 22.6 Å². The van der Waals surface area contributed by atoms with Gasteiger partial charge in [0.05, 0.1) is 35.5 Å². The number of hydrogen-bond donors (Lipinski definition) is 1. The van der Waals surface area contributed by atoms with Crippen LogP contribution in [0.15, 0.2) is 36.9 Å².